The van der Waals surface area contributed by atoms with Crippen LogP contribution < -0.4 is 0 Å². The van der Waals surface area contributed by atoms with Gasteiger partial charge in [-0.05, 0) is 36.8 Å². The number of halogens is 1. The quantitative estimate of drug-likeness (QED) is 0.864. The van der Waals surface area contributed by atoms with Crippen LogP contribution in [0.2, 0.25) is 5.15 Å². The van der Waals surface area contributed by atoms with Gasteiger partial charge in [-0.1, -0.05) is 17.7 Å². The second kappa shape index (κ2) is 7.13. The van der Waals surface area contributed by atoms with Crippen molar-refractivity contribution < 1.29 is 4.79 Å². The molecule has 0 N–H and O–H groups in total. The molecule has 2 aromatic rings. The fourth-order valence-electron chi connectivity index (χ4n) is 3.14. The summed E-state index contributed by atoms with van der Waals surface area (Å²) < 4.78 is 1.64. The van der Waals surface area contributed by atoms with Crippen LogP contribution in [0.15, 0.2) is 30.7 Å². The molecular formula is C17H21ClN4O. The summed E-state index contributed by atoms with van der Waals surface area (Å²) in [4.78, 5) is 18.5. The molecule has 0 unspecified atom stereocenters. The topological polar surface area (TPSA) is 51.0 Å². The van der Waals surface area contributed by atoms with E-state index in [0.717, 1.165) is 37.9 Å². The number of piperidine rings is 1. The van der Waals surface area contributed by atoms with Crippen LogP contribution in [0, 0.1) is 5.92 Å². The van der Waals surface area contributed by atoms with Crippen molar-refractivity contribution in [3.63, 3.8) is 0 Å². The molecular weight excluding hydrogens is 312 g/mol. The Morgan fingerprint density at radius 3 is 2.78 bits per heavy atom. The lowest BCUT2D eigenvalue weighted by atomic mass is 9.90. The van der Waals surface area contributed by atoms with Gasteiger partial charge in [0.15, 0.2) is 5.15 Å². The molecule has 6 heteroatoms. The lowest BCUT2D eigenvalue weighted by Gasteiger charge is -2.32. The van der Waals surface area contributed by atoms with Gasteiger partial charge in [0, 0.05) is 44.3 Å². The summed E-state index contributed by atoms with van der Waals surface area (Å²) in [6.45, 7) is 1.64. The second-order valence-electron chi connectivity index (χ2n) is 6.19. The van der Waals surface area contributed by atoms with Gasteiger partial charge >= 0.3 is 0 Å². The zero-order chi connectivity index (χ0) is 16.2. The molecule has 0 radical (unpaired) electrons. The van der Waals surface area contributed by atoms with Crippen LogP contribution in [0.25, 0.3) is 0 Å². The molecule has 3 rings (SSSR count). The van der Waals surface area contributed by atoms with Crippen molar-refractivity contribution in [3.05, 3.63) is 47.0 Å². The van der Waals surface area contributed by atoms with Gasteiger partial charge in [0.2, 0.25) is 5.91 Å². The zero-order valence-corrected chi connectivity index (χ0v) is 14.0. The average molecular weight is 333 g/mol. The number of amides is 1. The average Bonchev–Trinajstić information content (AvgIpc) is 2.86. The number of carbonyl (C=O) groups excluding carboxylic acids is 1. The van der Waals surface area contributed by atoms with Crippen molar-refractivity contribution in [1.82, 2.24) is 19.7 Å². The zero-order valence-electron chi connectivity index (χ0n) is 13.3. The van der Waals surface area contributed by atoms with Crippen LogP contribution in [-0.4, -0.2) is 38.7 Å². The normalized spacial score (nSPS) is 15.8. The molecule has 0 aromatic carbocycles. The van der Waals surface area contributed by atoms with E-state index < -0.39 is 0 Å². The van der Waals surface area contributed by atoms with E-state index in [1.807, 2.05) is 30.4 Å². The number of aromatic nitrogens is 3. The third kappa shape index (κ3) is 4.10. The predicted octanol–water partition coefficient (Wildman–Crippen LogP) is 2.49. The van der Waals surface area contributed by atoms with Crippen molar-refractivity contribution in [2.45, 2.75) is 25.7 Å². The lowest BCUT2D eigenvalue weighted by molar-refractivity contribution is -0.131. The smallest absolute Gasteiger partial charge is 0.227 e. The molecule has 23 heavy (non-hydrogen) atoms. The molecule has 1 aliphatic rings. The van der Waals surface area contributed by atoms with Crippen molar-refractivity contribution in [2.24, 2.45) is 13.0 Å². The van der Waals surface area contributed by atoms with Crippen molar-refractivity contribution >= 4 is 17.5 Å². The van der Waals surface area contributed by atoms with E-state index in [0.29, 0.717) is 17.5 Å². The third-order valence-electron chi connectivity index (χ3n) is 4.41. The molecule has 0 spiro atoms. The predicted molar refractivity (Wildman–Crippen MR) is 89.2 cm³/mol. The van der Waals surface area contributed by atoms with Crippen molar-refractivity contribution in [1.29, 1.82) is 0 Å². The largest absolute Gasteiger partial charge is 0.342 e. The maximum absolute atomic E-state index is 12.4. The van der Waals surface area contributed by atoms with Crippen LogP contribution in [0.4, 0.5) is 0 Å². The minimum absolute atomic E-state index is 0.139. The molecule has 0 atom stereocenters. The molecule has 0 saturated carbocycles. The molecule has 5 nitrogen and oxygen atoms in total. The molecule has 122 valence electrons. The fourth-order valence-corrected chi connectivity index (χ4v) is 3.38. The molecule has 2 aromatic heterocycles. The number of nitrogens with zero attached hydrogens (tertiary/aromatic N) is 4. The first-order chi connectivity index (χ1) is 11.1. The van der Waals surface area contributed by atoms with E-state index in [4.69, 9.17) is 11.6 Å². The lowest BCUT2D eigenvalue weighted by Crippen LogP contribution is -2.39. The van der Waals surface area contributed by atoms with Crippen LogP contribution in [0.3, 0.4) is 0 Å². The van der Waals surface area contributed by atoms with Gasteiger partial charge in [0.05, 0.1) is 6.42 Å². The second-order valence-corrected chi connectivity index (χ2v) is 6.54. The molecule has 3 heterocycles. The number of hydrogen-bond donors (Lipinski definition) is 0. The summed E-state index contributed by atoms with van der Waals surface area (Å²) in [6, 6.07) is 4.10. The van der Waals surface area contributed by atoms with Crippen LogP contribution >= 0.6 is 11.6 Å². The number of likely N-dealkylation sites (tertiary alicyclic amines) is 1. The summed E-state index contributed by atoms with van der Waals surface area (Å²) in [5, 5.41) is 4.50. The number of hydrogen-bond acceptors (Lipinski definition) is 3. The Hall–Kier alpha value is -1.88. The van der Waals surface area contributed by atoms with Crippen molar-refractivity contribution in [3.8, 4) is 0 Å². The highest BCUT2D eigenvalue weighted by Gasteiger charge is 2.24. The van der Waals surface area contributed by atoms with Gasteiger partial charge in [-0.15, -0.1) is 0 Å². The molecule has 1 fully saturated rings. The number of carbonyl (C=O) groups is 1. The van der Waals surface area contributed by atoms with Gasteiger partial charge < -0.3 is 4.90 Å². The molecule has 1 saturated heterocycles. The van der Waals surface area contributed by atoms with E-state index >= 15 is 0 Å². The summed E-state index contributed by atoms with van der Waals surface area (Å²) in [6.07, 6.45) is 9.01. The minimum Gasteiger partial charge on any atom is -0.342 e. The Balaban J connectivity index is 1.50. The van der Waals surface area contributed by atoms with E-state index in [1.165, 1.54) is 5.56 Å². The van der Waals surface area contributed by atoms with Gasteiger partial charge in [-0.2, -0.15) is 5.10 Å². The monoisotopic (exact) mass is 332 g/mol. The number of rotatable bonds is 4. The fraction of sp³-hybridized carbons (Fsp3) is 0.471. The number of pyridine rings is 1. The van der Waals surface area contributed by atoms with Gasteiger partial charge in [0.25, 0.3) is 0 Å². The van der Waals surface area contributed by atoms with Crippen molar-refractivity contribution in [2.75, 3.05) is 13.1 Å². The molecule has 1 aliphatic heterocycles. The highest BCUT2D eigenvalue weighted by Crippen LogP contribution is 2.22. The molecule has 1 amide bonds. The summed E-state index contributed by atoms with van der Waals surface area (Å²) >= 11 is 6.03. The van der Waals surface area contributed by atoms with Gasteiger partial charge in [-0.25, -0.2) is 0 Å². The van der Waals surface area contributed by atoms with E-state index in [2.05, 4.69) is 16.1 Å². The number of aryl methyl sites for hydroxylation is 1. The van der Waals surface area contributed by atoms with E-state index in [1.54, 1.807) is 10.9 Å². The minimum atomic E-state index is 0.139. The van der Waals surface area contributed by atoms with Gasteiger partial charge in [-0.3, -0.25) is 14.5 Å². The van der Waals surface area contributed by atoms with Crippen LogP contribution in [-0.2, 0) is 24.7 Å². The Labute approximate surface area is 141 Å². The Morgan fingerprint density at radius 2 is 2.17 bits per heavy atom. The highest BCUT2D eigenvalue weighted by atomic mass is 35.5. The van der Waals surface area contributed by atoms with Crippen LogP contribution in [0.5, 0.6) is 0 Å². The van der Waals surface area contributed by atoms with Gasteiger partial charge in [0.1, 0.15) is 0 Å². The Bertz CT molecular complexity index is 662. The highest BCUT2D eigenvalue weighted by molar-refractivity contribution is 6.30. The Morgan fingerprint density at radius 1 is 1.39 bits per heavy atom. The first kappa shape index (κ1) is 16.0. The summed E-state index contributed by atoms with van der Waals surface area (Å²) in [5.74, 6) is 0.768. The van der Waals surface area contributed by atoms with E-state index in [-0.39, 0.29) is 5.91 Å². The SMILES string of the molecule is Cn1cc(CC(=O)N2CCC(Cc3cccnc3)CC2)c(Cl)n1. The summed E-state index contributed by atoms with van der Waals surface area (Å²) in [5.41, 5.74) is 2.08. The Kier molecular flexibility index (Phi) is 4.96. The summed E-state index contributed by atoms with van der Waals surface area (Å²) in [7, 11) is 1.81. The maximum atomic E-state index is 12.4. The third-order valence-corrected chi connectivity index (χ3v) is 4.73. The van der Waals surface area contributed by atoms with Crippen LogP contribution in [0.1, 0.15) is 24.0 Å². The first-order valence-corrected chi connectivity index (χ1v) is 8.34. The molecule has 0 bridgehead atoms. The molecule has 0 aliphatic carbocycles. The first-order valence-electron chi connectivity index (χ1n) is 7.96. The van der Waals surface area contributed by atoms with E-state index in [9.17, 15) is 4.79 Å². The maximum Gasteiger partial charge on any atom is 0.227 e. The standard InChI is InChI=1S/C17H21ClN4O/c1-21-12-15(17(18)20-21)10-16(23)22-7-4-13(5-8-22)9-14-3-2-6-19-11-14/h2-3,6,11-13H,4-5,7-10H2,1H3.